The first-order valence-corrected chi connectivity index (χ1v) is 11.1. The standard InChI is InChI=1S/C23H27NO3S/c1-15(22(25)24-19-12-7-10-16-8-5-6-11-18(16)19)27-23(26)21-14-17-9-3-2-4-13-20(17)28-21/h5-6,8,11,14-15,19H,2-4,7,9-10,12-13H2,1H3,(H,24,25). The van der Waals surface area contributed by atoms with E-state index in [9.17, 15) is 9.59 Å². The minimum Gasteiger partial charge on any atom is -0.448 e. The number of hydrogen-bond donors (Lipinski definition) is 1. The molecule has 4 nitrogen and oxygen atoms in total. The monoisotopic (exact) mass is 397 g/mol. The summed E-state index contributed by atoms with van der Waals surface area (Å²) in [5, 5.41) is 3.08. The summed E-state index contributed by atoms with van der Waals surface area (Å²) in [4.78, 5) is 27.1. The molecule has 0 fully saturated rings. The van der Waals surface area contributed by atoms with Crippen molar-refractivity contribution in [2.45, 2.75) is 70.4 Å². The Morgan fingerprint density at radius 3 is 2.75 bits per heavy atom. The molecule has 28 heavy (non-hydrogen) atoms. The molecule has 2 aliphatic rings. The molecule has 2 aliphatic carbocycles. The lowest BCUT2D eigenvalue weighted by atomic mass is 9.87. The van der Waals surface area contributed by atoms with Crippen molar-refractivity contribution in [1.29, 1.82) is 0 Å². The van der Waals surface area contributed by atoms with Gasteiger partial charge in [-0.05, 0) is 74.6 Å². The van der Waals surface area contributed by atoms with Gasteiger partial charge in [0.2, 0.25) is 0 Å². The molecule has 2 atom stereocenters. The number of esters is 1. The fourth-order valence-electron chi connectivity index (χ4n) is 4.23. The van der Waals surface area contributed by atoms with E-state index in [1.165, 1.54) is 52.2 Å². The van der Waals surface area contributed by atoms with Crippen molar-refractivity contribution in [2.24, 2.45) is 0 Å². The number of aryl methyl sites for hydroxylation is 3. The highest BCUT2D eigenvalue weighted by atomic mass is 32.1. The summed E-state index contributed by atoms with van der Waals surface area (Å²) in [6, 6.07) is 10.2. The van der Waals surface area contributed by atoms with Gasteiger partial charge in [-0.15, -0.1) is 11.3 Å². The molecule has 0 aliphatic heterocycles. The number of rotatable bonds is 4. The van der Waals surface area contributed by atoms with Gasteiger partial charge in [0.15, 0.2) is 6.10 Å². The third-order valence-corrected chi connectivity index (χ3v) is 7.00. The quantitative estimate of drug-likeness (QED) is 0.598. The second kappa shape index (κ2) is 8.48. The van der Waals surface area contributed by atoms with Crippen LogP contribution < -0.4 is 5.32 Å². The van der Waals surface area contributed by atoms with Crippen LogP contribution in [-0.4, -0.2) is 18.0 Å². The fraction of sp³-hybridized carbons (Fsp3) is 0.478. The maximum atomic E-state index is 12.6. The topological polar surface area (TPSA) is 55.4 Å². The molecule has 1 heterocycles. The zero-order chi connectivity index (χ0) is 19.5. The number of carbonyl (C=O) groups excluding carboxylic acids is 2. The Balaban J connectivity index is 1.38. The summed E-state index contributed by atoms with van der Waals surface area (Å²) < 4.78 is 5.50. The molecular weight excluding hydrogens is 370 g/mol. The van der Waals surface area contributed by atoms with Gasteiger partial charge in [0, 0.05) is 4.88 Å². The number of amides is 1. The summed E-state index contributed by atoms with van der Waals surface area (Å²) in [5.41, 5.74) is 3.76. The van der Waals surface area contributed by atoms with E-state index >= 15 is 0 Å². The van der Waals surface area contributed by atoms with Gasteiger partial charge in [0.1, 0.15) is 4.88 Å². The molecule has 4 rings (SSSR count). The molecule has 148 valence electrons. The Bertz CT molecular complexity index is 849. The van der Waals surface area contributed by atoms with Gasteiger partial charge >= 0.3 is 5.97 Å². The molecule has 0 radical (unpaired) electrons. The number of benzene rings is 1. The molecule has 0 bridgehead atoms. The molecule has 5 heteroatoms. The molecule has 0 spiro atoms. The summed E-state index contributed by atoms with van der Waals surface area (Å²) in [5.74, 6) is -0.613. The predicted octanol–water partition coefficient (Wildman–Crippen LogP) is 4.76. The second-order valence-electron chi connectivity index (χ2n) is 7.82. The minimum absolute atomic E-state index is 0.00333. The molecule has 0 saturated carbocycles. The maximum Gasteiger partial charge on any atom is 0.349 e. The largest absolute Gasteiger partial charge is 0.448 e. The zero-order valence-electron chi connectivity index (χ0n) is 16.3. The lowest BCUT2D eigenvalue weighted by molar-refractivity contribution is -0.130. The molecule has 0 saturated heterocycles. The van der Waals surface area contributed by atoms with Gasteiger partial charge in [0.05, 0.1) is 6.04 Å². The van der Waals surface area contributed by atoms with Gasteiger partial charge in [-0.1, -0.05) is 30.7 Å². The first-order valence-electron chi connectivity index (χ1n) is 10.3. The molecule has 2 aromatic rings. The van der Waals surface area contributed by atoms with Crippen LogP contribution in [0.25, 0.3) is 0 Å². The molecule has 2 unspecified atom stereocenters. The predicted molar refractivity (Wildman–Crippen MR) is 111 cm³/mol. The van der Waals surface area contributed by atoms with Crippen molar-refractivity contribution in [1.82, 2.24) is 5.32 Å². The Morgan fingerprint density at radius 2 is 1.86 bits per heavy atom. The van der Waals surface area contributed by atoms with Crippen LogP contribution in [0.1, 0.15) is 76.3 Å². The van der Waals surface area contributed by atoms with Crippen LogP contribution in [0.3, 0.4) is 0 Å². The maximum absolute atomic E-state index is 12.6. The van der Waals surface area contributed by atoms with E-state index in [0.717, 1.165) is 32.1 Å². The third-order valence-electron chi connectivity index (χ3n) is 5.79. The minimum atomic E-state index is -0.802. The van der Waals surface area contributed by atoms with Crippen LogP contribution >= 0.6 is 11.3 Å². The summed E-state index contributed by atoms with van der Waals surface area (Å²) in [6.45, 7) is 1.65. The van der Waals surface area contributed by atoms with Crippen LogP contribution in [0.4, 0.5) is 0 Å². The van der Waals surface area contributed by atoms with E-state index < -0.39 is 6.10 Å². The Hall–Kier alpha value is -2.14. The summed E-state index contributed by atoms with van der Waals surface area (Å²) in [6.07, 6.45) is 7.92. The van der Waals surface area contributed by atoms with Crippen LogP contribution in [0.15, 0.2) is 30.3 Å². The van der Waals surface area contributed by atoms with Gasteiger partial charge in [-0.3, -0.25) is 4.79 Å². The number of ether oxygens (including phenoxy) is 1. The van der Waals surface area contributed by atoms with Crippen molar-refractivity contribution in [3.63, 3.8) is 0 Å². The summed E-state index contributed by atoms with van der Waals surface area (Å²) >= 11 is 1.53. The average Bonchev–Trinajstić information content (AvgIpc) is 2.99. The van der Waals surface area contributed by atoms with Crippen LogP contribution in [0, 0.1) is 0 Å². The lowest BCUT2D eigenvalue weighted by Gasteiger charge is -2.27. The molecule has 1 amide bonds. The Kier molecular flexibility index (Phi) is 5.81. The number of nitrogens with one attached hydrogen (secondary N) is 1. The van der Waals surface area contributed by atoms with Gasteiger partial charge < -0.3 is 10.1 Å². The van der Waals surface area contributed by atoms with Crippen molar-refractivity contribution in [3.05, 3.63) is 56.8 Å². The Labute approximate surface area is 170 Å². The number of thiophene rings is 1. The molecular formula is C23H27NO3S. The second-order valence-corrected chi connectivity index (χ2v) is 8.96. The SMILES string of the molecule is CC(OC(=O)c1cc2c(s1)CCCCC2)C(=O)NC1CCCc2ccccc21. The lowest BCUT2D eigenvalue weighted by Crippen LogP contribution is -2.39. The number of fused-ring (bicyclic) bond motifs is 2. The first-order chi connectivity index (χ1) is 13.6. The van der Waals surface area contributed by atoms with E-state index in [0.29, 0.717) is 4.88 Å². The van der Waals surface area contributed by atoms with E-state index in [-0.39, 0.29) is 17.9 Å². The third kappa shape index (κ3) is 4.14. The van der Waals surface area contributed by atoms with Crippen molar-refractivity contribution < 1.29 is 14.3 Å². The van der Waals surface area contributed by atoms with E-state index in [1.54, 1.807) is 6.92 Å². The van der Waals surface area contributed by atoms with E-state index in [4.69, 9.17) is 4.74 Å². The molecule has 1 N–H and O–H groups in total. The highest BCUT2D eigenvalue weighted by Crippen LogP contribution is 2.31. The molecule has 1 aromatic heterocycles. The Morgan fingerprint density at radius 1 is 1.07 bits per heavy atom. The van der Waals surface area contributed by atoms with Gasteiger partial charge in [0.25, 0.3) is 5.91 Å². The van der Waals surface area contributed by atoms with Crippen LogP contribution in [0.5, 0.6) is 0 Å². The highest BCUT2D eigenvalue weighted by Gasteiger charge is 2.26. The van der Waals surface area contributed by atoms with Gasteiger partial charge in [-0.2, -0.15) is 0 Å². The number of hydrogen-bond acceptors (Lipinski definition) is 4. The van der Waals surface area contributed by atoms with Crippen molar-refractivity contribution in [3.8, 4) is 0 Å². The smallest absolute Gasteiger partial charge is 0.349 e. The number of carbonyl (C=O) groups is 2. The molecule has 1 aromatic carbocycles. The van der Waals surface area contributed by atoms with Crippen LogP contribution in [-0.2, 0) is 28.8 Å². The van der Waals surface area contributed by atoms with E-state index in [2.05, 4.69) is 17.4 Å². The van der Waals surface area contributed by atoms with E-state index in [1.807, 2.05) is 18.2 Å². The highest BCUT2D eigenvalue weighted by molar-refractivity contribution is 7.14. The fourth-order valence-corrected chi connectivity index (χ4v) is 5.37. The van der Waals surface area contributed by atoms with Gasteiger partial charge in [-0.25, -0.2) is 4.79 Å². The average molecular weight is 398 g/mol. The first kappa shape index (κ1) is 19.2. The van der Waals surface area contributed by atoms with Crippen molar-refractivity contribution >= 4 is 23.2 Å². The summed E-state index contributed by atoms with van der Waals surface area (Å²) in [7, 11) is 0. The normalized spacial score (nSPS) is 19.7. The van der Waals surface area contributed by atoms with Crippen LogP contribution in [0.2, 0.25) is 0 Å². The zero-order valence-corrected chi connectivity index (χ0v) is 17.1. The van der Waals surface area contributed by atoms with Crippen molar-refractivity contribution in [2.75, 3.05) is 0 Å².